The molecule has 4 rings (SSSR count). The van der Waals surface area contributed by atoms with Crippen molar-refractivity contribution in [2.24, 2.45) is 0 Å². The number of alkyl halides is 1. The number of imidazole rings is 1. The van der Waals surface area contributed by atoms with Crippen molar-refractivity contribution in [1.29, 1.82) is 0 Å². The zero-order valence-electron chi connectivity index (χ0n) is 24.4. The Bertz CT molecular complexity index is 1420. The van der Waals surface area contributed by atoms with Crippen molar-refractivity contribution in [2.45, 2.75) is 57.5 Å². The number of hydrogen-bond acceptors (Lipinski definition) is 4. The van der Waals surface area contributed by atoms with Gasteiger partial charge in [-0.1, -0.05) is 105 Å². The summed E-state index contributed by atoms with van der Waals surface area (Å²) in [5.74, 6) is -0.499. The summed E-state index contributed by atoms with van der Waals surface area (Å²) in [4.78, 5) is 17.4. The minimum absolute atomic E-state index is 0.0881. The number of ether oxygens (including phenoxy) is 1. The van der Waals surface area contributed by atoms with Crippen LogP contribution in [0.3, 0.4) is 0 Å². The Morgan fingerprint density at radius 2 is 1.52 bits per heavy atom. The summed E-state index contributed by atoms with van der Waals surface area (Å²) in [5, 5.41) is 2.43. The molecule has 4 aromatic rings. The minimum atomic E-state index is -2.61. The molecule has 0 spiro atoms. The van der Waals surface area contributed by atoms with Crippen molar-refractivity contribution in [1.82, 2.24) is 9.55 Å². The molecule has 0 saturated heterocycles. The van der Waals surface area contributed by atoms with Crippen LogP contribution >= 0.6 is 39.1 Å². The van der Waals surface area contributed by atoms with Crippen molar-refractivity contribution >= 4 is 63.8 Å². The highest BCUT2D eigenvalue weighted by atomic mass is 79.9. The second-order valence-electron chi connectivity index (χ2n) is 11.1. The van der Waals surface area contributed by atoms with Crippen molar-refractivity contribution in [3.05, 3.63) is 112 Å². The third-order valence-corrected chi connectivity index (χ3v) is 13.7. The number of nitrogens with zero attached hydrogens (tertiary/aromatic N) is 2. The number of carbonyl (C=O) groups excluding carboxylic acids is 1. The number of hydrogen-bond donors (Lipinski definition) is 0. The van der Waals surface area contributed by atoms with Gasteiger partial charge in [0.05, 0.1) is 12.3 Å². The molecule has 9 heteroatoms. The van der Waals surface area contributed by atoms with Gasteiger partial charge in [-0.2, -0.15) is 0 Å². The van der Waals surface area contributed by atoms with E-state index in [1.165, 1.54) is 10.4 Å². The monoisotopic (exact) mass is 686 g/mol. The molecule has 3 aromatic carbocycles. The zero-order chi connectivity index (χ0) is 30.3. The molecular formula is C33H37BrCl2N2O3Si. The summed E-state index contributed by atoms with van der Waals surface area (Å²) in [7, 11) is -2.61. The normalized spacial score (nSPS) is 12.7. The van der Waals surface area contributed by atoms with Gasteiger partial charge in [-0.05, 0) is 68.8 Å². The Morgan fingerprint density at radius 3 is 2.05 bits per heavy atom. The quantitative estimate of drug-likeness (QED) is 0.0653. The van der Waals surface area contributed by atoms with Gasteiger partial charge in [-0.15, -0.1) is 11.6 Å². The average molecular weight is 689 g/mol. The minimum Gasteiger partial charge on any atom is -0.461 e. The first kappa shape index (κ1) is 32.5. The first-order chi connectivity index (χ1) is 20.1. The van der Waals surface area contributed by atoms with E-state index in [9.17, 15) is 4.79 Å². The first-order valence-electron chi connectivity index (χ1n) is 14.2. The van der Waals surface area contributed by atoms with Crippen LogP contribution in [-0.2, 0) is 15.7 Å². The lowest BCUT2D eigenvalue weighted by atomic mass is 10.1. The van der Waals surface area contributed by atoms with Crippen LogP contribution in [0.25, 0.3) is 0 Å². The lowest BCUT2D eigenvalue weighted by Crippen LogP contribution is -2.66. The number of rotatable bonds is 12. The topological polar surface area (TPSA) is 53.3 Å². The molecule has 0 aliphatic rings. The average Bonchev–Trinajstić information content (AvgIpc) is 3.31. The van der Waals surface area contributed by atoms with Gasteiger partial charge in [0, 0.05) is 18.2 Å². The van der Waals surface area contributed by atoms with E-state index < -0.39 is 19.7 Å². The maximum atomic E-state index is 12.9. The standard InChI is InChI=1S/C33H37BrCl2N2O3Si/c1-5-40-31(39)29-30(28(36)24-18-20-25(35)21-19-24)38(32(34)37-29)22-12-13-23-41-42(33(2,3)4,26-14-8-6-9-15-26)27-16-10-7-11-17-27/h6-11,14-21,28H,5,12-13,22-23H2,1-4H3. The Labute approximate surface area is 268 Å². The number of halogens is 3. The van der Waals surface area contributed by atoms with Crippen molar-refractivity contribution in [3.63, 3.8) is 0 Å². The van der Waals surface area contributed by atoms with Gasteiger partial charge in [0.25, 0.3) is 8.32 Å². The van der Waals surface area contributed by atoms with Gasteiger partial charge < -0.3 is 13.7 Å². The highest BCUT2D eigenvalue weighted by molar-refractivity contribution is 9.10. The van der Waals surface area contributed by atoms with E-state index in [0.717, 1.165) is 18.4 Å². The molecule has 0 radical (unpaired) electrons. The Kier molecular flexibility index (Phi) is 11.1. The van der Waals surface area contributed by atoms with E-state index >= 15 is 0 Å². The molecule has 5 nitrogen and oxygen atoms in total. The molecule has 0 bridgehead atoms. The summed E-state index contributed by atoms with van der Waals surface area (Å²) in [5.41, 5.74) is 1.62. The van der Waals surface area contributed by atoms with Crippen molar-refractivity contribution in [3.8, 4) is 0 Å². The predicted octanol–water partition coefficient (Wildman–Crippen LogP) is 8.16. The van der Waals surface area contributed by atoms with E-state index in [1.807, 2.05) is 16.7 Å². The Morgan fingerprint density at radius 1 is 0.952 bits per heavy atom. The van der Waals surface area contributed by atoms with Crippen LogP contribution < -0.4 is 10.4 Å². The molecule has 1 unspecified atom stereocenters. The van der Waals surface area contributed by atoms with Gasteiger partial charge in [0.2, 0.25) is 0 Å². The molecule has 0 N–H and O–H groups in total. The fourth-order valence-corrected chi connectivity index (χ4v) is 11.0. The first-order valence-corrected chi connectivity index (χ1v) is 17.7. The maximum absolute atomic E-state index is 12.9. The molecule has 1 atom stereocenters. The zero-order valence-corrected chi connectivity index (χ0v) is 28.5. The lowest BCUT2D eigenvalue weighted by Gasteiger charge is -2.43. The number of carbonyl (C=O) groups is 1. The fourth-order valence-electron chi connectivity index (χ4n) is 5.40. The van der Waals surface area contributed by atoms with Gasteiger partial charge in [0.15, 0.2) is 10.4 Å². The third-order valence-electron chi connectivity index (χ3n) is 7.34. The van der Waals surface area contributed by atoms with Gasteiger partial charge >= 0.3 is 5.97 Å². The van der Waals surface area contributed by atoms with Crippen LogP contribution in [0.15, 0.2) is 89.7 Å². The second-order valence-corrected chi connectivity index (χ2v) is 17.0. The molecule has 0 saturated carbocycles. The van der Waals surface area contributed by atoms with Crippen LogP contribution in [0.2, 0.25) is 10.1 Å². The highest BCUT2D eigenvalue weighted by Crippen LogP contribution is 2.37. The molecule has 0 amide bonds. The van der Waals surface area contributed by atoms with E-state index in [1.54, 1.807) is 19.1 Å². The van der Waals surface area contributed by atoms with E-state index in [-0.39, 0.29) is 17.3 Å². The molecular weight excluding hydrogens is 651 g/mol. The van der Waals surface area contributed by atoms with Gasteiger partial charge in [-0.3, -0.25) is 0 Å². The summed E-state index contributed by atoms with van der Waals surface area (Å²) in [6.45, 7) is 10.1. The lowest BCUT2D eigenvalue weighted by molar-refractivity contribution is 0.0518. The molecule has 42 heavy (non-hydrogen) atoms. The Balaban J connectivity index is 1.57. The summed E-state index contributed by atoms with van der Waals surface area (Å²) in [6, 6.07) is 28.6. The molecule has 0 aliphatic carbocycles. The van der Waals surface area contributed by atoms with Gasteiger partial charge in [0.1, 0.15) is 5.38 Å². The maximum Gasteiger partial charge on any atom is 0.358 e. The highest BCUT2D eigenvalue weighted by Gasteiger charge is 2.49. The van der Waals surface area contributed by atoms with Crippen LogP contribution in [0.4, 0.5) is 0 Å². The van der Waals surface area contributed by atoms with Crippen LogP contribution in [-0.4, -0.2) is 37.1 Å². The molecule has 0 fully saturated rings. The van der Waals surface area contributed by atoms with E-state index in [4.69, 9.17) is 32.4 Å². The molecule has 222 valence electrons. The summed E-state index contributed by atoms with van der Waals surface area (Å²) < 4.78 is 14.9. The van der Waals surface area contributed by atoms with Gasteiger partial charge in [-0.25, -0.2) is 9.78 Å². The van der Waals surface area contributed by atoms with Crippen LogP contribution in [0.5, 0.6) is 0 Å². The smallest absolute Gasteiger partial charge is 0.358 e. The summed E-state index contributed by atoms with van der Waals surface area (Å²) in [6.07, 6.45) is 1.61. The predicted molar refractivity (Wildman–Crippen MR) is 178 cm³/mol. The van der Waals surface area contributed by atoms with Crippen molar-refractivity contribution in [2.75, 3.05) is 13.2 Å². The SMILES string of the molecule is CCOC(=O)c1nc(Br)n(CCCCO[Si](c2ccccc2)(c2ccccc2)C(C)(C)C)c1C(Cl)c1ccc(Cl)cc1. The Hall–Kier alpha value is -2.42. The molecule has 0 aliphatic heterocycles. The van der Waals surface area contributed by atoms with Crippen molar-refractivity contribution < 1.29 is 14.0 Å². The number of benzene rings is 3. The fraction of sp³-hybridized carbons (Fsp3) is 0.333. The third kappa shape index (κ3) is 7.03. The van der Waals surface area contributed by atoms with Crippen LogP contribution in [0, 0.1) is 0 Å². The number of unbranched alkanes of at least 4 members (excludes halogenated alkanes) is 1. The molecule has 1 heterocycles. The second kappa shape index (κ2) is 14.4. The summed E-state index contributed by atoms with van der Waals surface area (Å²) >= 11 is 16.7. The number of aromatic nitrogens is 2. The van der Waals surface area contributed by atoms with E-state index in [2.05, 4.69) is 102 Å². The largest absolute Gasteiger partial charge is 0.461 e. The number of esters is 1. The van der Waals surface area contributed by atoms with E-state index in [0.29, 0.717) is 28.6 Å². The molecule has 1 aromatic heterocycles. The van der Waals surface area contributed by atoms with Crippen LogP contribution in [0.1, 0.15) is 67.7 Å².